The Morgan fingerprint density at radius 3 is 2.42 bits per heavy atom. The van der Waals surface area contributed by atoms with Crippen LogP contribution in [0.15, 0.2) is 0 Å². The maximum Gasteiger partial charge on any atom is 0.229 e. The molecule has 130 valence electrons. The average molecular weight is 382 g/mol. The van der Waals surface area contributed by atoms with Crippen LogP contribution < -0.4 is 5.32 Å². The first-order valence-electron chi connectivity index (χ1n) is 9.17. The maximum absolute atomic E-state index is 12.8. The molecule has 1 N–H and O–H groups in total. The highest BCUT2D eigenvalue weighted by molar-refractivity contribution is 8.21. The van der Waals surface area contributed by atoms with Gasteiger partial charge in [0.15, 0.2) is 0 Å². The first-order chi connectivity index (χ1) is 11.7. The van der Waals surface area contributed by atoms with Crippen LogP contribution in [0, 0.1) is 17.8 Å². The topological polar surface area (TPSA) is 54.9 Å². The van der Waals surface area contributed by atoms with Crippen LogP contribution in [0.2, 0.25) is 0 Å². The Hall–Kier alpha value is -0.270. The zero-order valence-corrected chi connectivity index (χ0v) is 16.2. The van der Waals surface area contributed by atoms with E-state index in [0.29, 0.717) is 15.1 Å². The number of amides is 1. The average Bonchev–Trinajstić information content (AvgIpc) is 3.13. The van der Waals surface area contributed by atoms with Crippen molar-refractivity contribution in [3.05, 3.63) is 5.01 Å². The molecule has 2 heterocycles. The van der Waals surface area contributed by atoms with E-state index in [1.807, 2.05) is 0 Å². The molecule has 7 heteroatoms. The number of carbonyl (C=O) groups excluding carboxylic acids is 1. The Morgan fingerprint density at radius 1 is 1.04 bits per heavy atom. The molecule has 3 saturated carbocycles. The number of nitrogens with one attached hydrogen (secondary N) is 1. The molecule has 3 aliphatic carbocycles. The van der Waals surface area contributed by atoms with Crippen molar-refractivity contribution in [1.29, 1.82) is 0 Å². The highest BCUT2D eigenvalue weighted by Gasteiger charge is 2.55. The fraction of sp³-hybridized carbons (Fsp3) is 0.824. The van der Waals surface area contributed by atoms with E-state index in [9.17, 15) is 4.79 Å². The molecule has 1 aromatic heterocycles. The summed E-state index contributed by atoms with van der Waals surface area (Å²) in [5, 5.41) is 13.3. The van der Waals surface area contributed by atoms with Crippen molar-refractivity contribution in [2.45, 2.75) is 54.9 Å². The first kappa shape index (κ1) is 15.9. The van der Waals surface area contributed by atoms with Gasteiger partial charge in [-0.1, -0.05) is 17.8 Å². The monoisotopic (exact) mass is 381 g/mol. The summed E-state index contributed by atoms with van der Waals surface area (Å²) < 4.78 is 0.441. The summed E-state index contributed by atoms with van der Waals surface area (Å²) in [5.41, 5.74) is 0. The highest BCUT2D eigenvalue weighted by atomic mass is 32.2. The number of hydrogen-bond donors (Lipinski definition) is 1. The second-order valence-corrected chi connectivity index (χ2v) is 11.6. The van der Waals surface area contributed by atoms with E-state index in [1.165, 1.54) is 43.6 Å². The maximum atomic E-state index is 12.8. The lowest BCUT2D eigenvalue weighted by Gasteiger charge is -2.51. The molecule has 1 spiro atoms. The normalized spacial score (nSPS) is 34.4. The molecular formula is C17H23N3OS3. The number of rotatable bonds is 3. The standard InChI is InChI=1S/C17H23N3OS3/c21-14(18-16-20-19-15(24-16)10-4-5-10)11-8-12-2-1-3-13(9-11)17(12)22-6-7-23-17/h10-13H,1-9H2,(H,18,20,21). The minimum atomic E-state index is 0.168. The Labute approximate surface area is 155 Å². The van der Waals surface area contributed by atoms with Crippen molar-refractivity contribution in [1.82, 2.24) is 10.2 Å². The van der Waals surface area contributed by atoms with Crippen LogP contribution in [0.1, 0.15) is 55.9 Å². The van der Waals surface area contributed by atoms with Gasteiger partial charge in [0, 0.05) is 23.3 Å². The fourth-order valence-corrected chi connectivity index (χ4v) is 9.66. The van der Waals surface area contributed by atoms with E-state index in [0.717, 1.165) is 29.7 Å². The molecule has 4 fully saturated rings. The Kier molecular flexibility index (Phi) is 4.09. The van der Waals surface area contributed by atoms with Crippen molar-refractivity contribution in [2.24, 2.45) is 17.8 Å². The third-order valence-electron chi connectivity index (χ3n) is 6.09. The Bertz CT molecular complexity index is 623. The van der Waals surface area contributed by atoms with Gasteiger partial charge in [0.05, 0.1) is 4.08 Å². The molecule has 24 heavy (non-hydrogen) atoms. The van der Waals surface area contributed by atoms with Gasteiger partial charge in [-0.05, 0) is 50.4 Å². The third-order valence-corrected chi connectivity index (χ3v) is 11.1. The molecule has 1 aliphatic heterocycles. The quantitative estimate of drug-likeness (QED) is 0.843. The molecule has 2 atom stereocenters. The molecule has 5 rings (SSSR count). The fourth-order valence-electron chi connectivity index (χ4n) is 4.81. The number of thioether (sulfide) groups is 2. The Balaban J connectivity index is 1.28. The van der Waals surface area contributed by atoms with E-state index >= 15 is 0 Å². The van der Waals surface area contributed by atoms with Gasteiger partial charge in [-0.2, -0.15) is 0 Å². The predicted octanol–water partition coefficient (Wildman–Crippen LogP) is 4.36. The third kappa shape index (κ3) is 2.71. The lowest BCUT2D eigenvalue weighted by molar-refractivity contribution is -0.122. The summed E-state index contributed by atoms with van der Waals surface area (Å²) in [6, 6.07) is 0. The van der Waals surface area contributed by atoms with Gasteiger partial charge in [-0.15, -0.1) is 33.7 Å². The van der Waals surface area contributed by atoms with Gasteiger partial charge in [-0.25, -0.2) is 0 Å². The van der Waals surface area contributed by atoms with Crippen LogP contribution in [-0.4, -0.2) is 31.7 Å². The van der Waals surface area contributed by atoms with Crippen LogP contribution in [-0.2, 0) is 4.79 Å². The van der Waals surface area contributed by atoms with E-state index in [1.54, 1.807) is 11.3 Å². The molecule has 4 nitrogen and oxygen atoms in total. The van der Waals surface area contributed by atoms with E-state index in [-0.39, 0.29) is 11.8 Å². The van der Waals surface area contributed by atoms with E-state index in [2.05, 4.69) is 39.0 Å². The minimum Gasteiger partial charge on any atom is -0.300 e. The van der Waals surface area contributed by atoms with Gasteiger partial charge in [-0.3, -0.25) is 4.79 Å². The largest absolute Gasteiger partial charge is 0.300 e. The summed E-state index contributed by atoms with van der Waals surface area (Å²) in [6.45, 7) is 0. The zero-order valence-electron chi connectivity index (χ0n) is 13.7. The smallest absolute Gasteiger partial charge is 0.229 e. The number of anilines is 1. The van der Waals surface area contributed by atoms with Crippen LogP contribution in [0.4, 0.5) is 5.13 Å². The number of hydrogen-bond acceptors (Lipinski definition) is 6. The molecule has 0 aromatic carbocycles. The van der Waals surface area contributed by atoms with Gasteiger partial charge < -0.3 is 5.32 Å². The van der Waals surface area contributed by atoms with Gasteiger partial charge >= 0.3 is 0 Å². The van der Waals surface area contributed by atoms with Crippen LogP contribution in [0.5, 0.6) is 0 Å². The van der Waals surface area contributed by atoms with Gasteiger partial charge in [0.2, 0.25) is 11.0 Å². The van der Waals surface area contributed by atoms with Crippen molar-refractivity contribution in [2.75, 3.05) is 16.8 Å². The lowest BCUT2D eigenvalue weighted by atomic mass is 9.67. The molecule has 1 saturated heterocycles. The molecule has 1 aromatic rings. The Morgan fingerprint density at radius 2 is 1.75 bits per heavy atom. The van der Waals surface area contributed by atoms with Crippen molar-refractivity contribution in [3.8, 4) is 0 Å². The summed E-state index contributed by atoms with van der Waals surface area (Å²) in [6.07, 6.45) is 8.56. The molecule has 2 unspecified atom stereocenters. The number of nitrogens with zero attached hydrogens (tertiary/aromatic N) is 2. The van der Waals surface area contributed by atoms with Crippen molar-refractivity contribution >= 4 is 45.9 Å². The first-order valence-corrected chi connectivity index (χ1v) is 12.0. The molecular weight excluding hydrogens is 358 g/mol. The van der Waals surface area contributed by atoms with Crippen LogP contribution in [0.25, 0.3) is 0 Å². The minimum absolute atomic E-state index is 0.168. The molecule has 4 aliphatic rings. The molecule has 1 amide bonds. The summed E-state index contributed by atoms with van der Waals surface area (Å²) in [5.74, 6) is 4.99. The number of carbonyl (C=O) groups is 1. The van der Waals surface area contributed by atoms with Crippen LogP contribution >= 0.6 is 34.9 Å². The van der Waals surface area contributed by atoms with E-state index in [4.69, 9.17) is 0 Å². The van der Waals surface area contributed by atoms with Crippen molar-refractivity contribution in [3.63, 3.8) is 0 Å². The molecule has 0 radical (unpaired) electrons. The zero-order chi connectivity index (χ0) is 16.1. The van der Waals surface area contributed by atoms with E-state index < -0.39 is 0 Å². The summed E-state index contributed by atoms with van der Waals surface area (Å²) in [4.78, 5) is 12.8. The summed E-state index contributed by atoms with van der Waals surface area (Å²) >= 11 is 5.97. The molecule has 2 bridgehead atoms. The van der Waals surface area contributed by atoms with Gasteiger partial charge in [0.25, 0.3) is 0 Å². The lowest BCUT2D eigenvalue weighted by Crippen LogP contribution is -2.48. The van der Waals surface area contributed by atoms with Gasteiger partial charge in [0.1, 0.15) is 5.01 Å². The number of aromatic nitrogens is 2. The predicted molar refractivity (Wildman–Crippen MR) is 102 cm³/mol. The van der Waals surface area contributed by atoms with Crippen LogP contribution in [0.3, 0.4) is 0 Å². The summed E-state index contributed by atoms with van der Waals surface area (Å²) in [7, 11) is 0. The SMILES string of the molecule is O=C(Nc1nnc(C2CC2)s1)C1CC2CCCC(C1)C21SCCS1. The highest BCUT2D eigenvalue weighted by Crippen LogP contribution is 2.64. The van der Waals surface area contributed by atoms with Crippen molar-refractivity contribution < 1.29 is 4.79 Å². The second-order valence-electron chi connectivity index (χ2n) is 7.62. The second kappa shape index (κ2) is 6.16.